The second-order valence-corrected chi connectivity index (χ2v) is 8.43. The summed E-state index contributed by atoms with van der Waals surface area (Å²) in [5.74, 6) is 0.916. The number of para-hydroxylation sites is 2. The fourth-order valence-corrected chi connectivity index (χ4v) is 4.34. The number of anilines is 1. The molecule has 0 bridgehead atoms. The van der Waals surface area contributed by atoms with Crippen molar-refractivity contribution < 1.29 is 9.53 Å². The van der Waals surface area contributed by atoms with Crippen molar-refractivity contribution in [1.29, 1.82) is 0 Å². The van der Waals surface area contributed by atoms with Crippen molar-refractivity contribution >= 4 is 11.6 Å². The van der Waals surface area contributed by atoms with Crippen LogP contribution in [-0.2, 0) is 5.66 Å². The molecular formula is C26H36N2O2. The molecule has 162 valence electrons. The van der Waals surface area contributed by atoms with Gasteiger partial charge in [0.1, 0.15) is 11.4 Å². The van der Waals surface area contributed by atoms with E-state index >= 15 is 0 Å². The molecule has 1 aliphatic heterocycles. The maximum atomic E-state index is 13.5. The van der Waals surface area contributed by atoms with Gasteiger partial charge in [-0.25, -0.2) is 0 Å². The smallest absolute Gasteiger partial charge is 0.258 e. The molecule has 3 rings (SSSR count). The summed E-state index contributed by atoms with van der Waals surface area (Å²) in [5, 5.41) is 3.67. The van der Waals surface area contributed by atoms with Crippen molar-refractivity contribution in [2.24, 2.45) is 0 Å². The highest BCUT2D eigenvalue weighted by atomic mass is 16.5. The van der Waals surface area contributed by atoms with E-state index < -0.39 is 5.66 Å². The minimum atomic E-state index is -0.681. The summed E-state index contributed by atoms with van der Waals surface area (Å²) in [5.41, 5.74) is 1.92. The fourth-order valence-electron chi connectivity index (χ4n) is 4.34. The number of fused-ring (bicyclic) bond motifs is 1. The molecule has 0 saturated carbocycles. The molecular weight excluding hydrogens is 372 g/mol. The van der Waals surface area contributed by atoms with Gasteiger partial charge in [-0.3, -0.25) is 4.79 Å². The third-order valence-electron chi connectivity index (χ3n) is 6.18. The molecule has 4 heteroatoms. The molecule has 1 aliphatic rings. The van der Waals surface area contributed by atoms with E-state index in [4.69, 9.17) is 4.74 Å². The predicted molar refractivity (Wildman–Crippen MR) is 124 cm³/mol. The highest BCUT2D eigenvalue weighted by molar-refractivity contribution is 6.02. The predicted octanol–water partition coefficient (Wildman–Crippen LogP) is 6.57. The quantitative estimate of drug-likeness (QED) is 0.452. The molecule has 0 spiro atoms. The van der Waals surface area contributed by atoms with Crippen LogP contribution in [0.5, 0.6) is 5.75 Å². The molecule has 1 amide bonds. The van der Waals surface area contributed by atoms with Gasteiger partial charge in [0.25, 0.3) is 5.91 Å². The van der Waals surface area contributed by atoms with Crippen molar-refractivity contribution in [3.8, 4) is 5.75 Å². The zero-order valence-electron chi connectivity index (χ0n) is 18.9. The summed E-state index contributed by atoms with van der Waals surface area (Å²) in [6.07, 6.45) is 6.91. The second-order valence-electron chi connectivity index (χ2n) is 8.43. The Morgan fingerprint density at radius 3 is 2.47 bits per heavy atom. The summed E-state index contributed by atoms with van der Waals surface area (Å²) in [4.78, 5) is 15.5. The van der Waals surface area contributed by atoms with Crippen LogP contribution in [0.4, 0.5) is 5.69 Å². The normalized spacial score (nSPS) is 19.2. The molecule has 0 fully saturated rings. The lowest BCUT2D eigenvalue weighted by molar-refractivity contribution is 0.0392. The molecule has 0 radical (unpaired) electrons. The standard InChI is InChI=1S/C26H36N2O2/c1-5-7-8-9-14-19-30-24-18-13-11-16-22(24)26(4)27-23-17-12-10-15-21(23)25(29)28(26)20(3)6-2/h10-13,15-18,20,27H,5-9,14,19H2,1-4H3. The maximum absolute atomic E-state index is 13.5. The van der Waals surface area contributed by atoms with Gasteiger partial charge in [-0.1, -0.05) is 69.9 Å². The summed E-state index contributed by atoms with van der Waals surface area (Å²) < 4.78 is 6.24. The van der Waals surface area contributed by atoms with Crippen molar-refractivity contribution in [2.45, 2.75) is 77.9 Å². The number of nitrogens with zero attached hydrogens (tertiary/aromatic N) is 1. The van der Waals surface area contributed by atoms with Crippen LogP contribution >= 0.6 is 0 Å². The van der Waals surface area contributed by atoms with Gasteiger partial charge in [-0.05, 0) is 44.9 Å². The van der Waals surface area contributed by atoms with Crippen LogP contribution < -0.4 is 10.1 Å². The Kier molecular flexibility index (Phi) is 7.41. The van der Waals surface area contributed by atoms with Gasteiger partial charge in [-0.2, -0.15) is 0 Å². The van der Waals surface area contributed by atoms with Gasteiger partial charge in [0, 0.05) is 17.3 Å². The van der Waals surface area contributed by atoms with Gasteiger partial charge in [-0.15, -0.1) is 0 Å². The number of amides is 1. The van der Waals surface area contributed by atoms with Crippen molar-refractivity contribution in [3.05, 3.63) is 59.7 Å². The van der Waals surface area contributed by atoms with Crippen LogP contribution in [0.2, 0.25) is 0 Å². The van der Waals surface area contributed by atoms with Crippen molar-refractivity contribution in [2.75, 3.05) is 11.9 Å². The molecule has 2 aromatic carbocycles. The van der Waals surface area contributed by atoms with Crippen LogP contribution in [-0.4, -0.2) is 23.5 Å². The molecule has 2 aromatic rings. The summed E-state index contributed by atoms with van der Waals surface area (Å²) in [6.45, 7) is 9.26. The highest BCUT2D eigenvalue weighted by Gasteiger charge is 2.45. The summed E-state index contributed by atoms with van der Waals surface area (Å²) in [6, 6.07) is 16.0. The SMILES string of the molecule is CCCCCCCOc1ccccc1C1(C)Nc2ccccc2C(=O)N1C(C)CC. The monoisotopic (exact) mass is 408 g/mol. The Bertz CT molecular complexity index is 850. The minimum absolute atomic E-state index is 0.0653. The minimum Gasteiger partial charge on any atom is -0.493 e. The molecule has 0 aliphatic carbocycles. The number of benzene rings is 2. The number of ether oxygens (including phenoxy) is 1. The van der Waals surface area contributed by atoms with Crippen LogP contribution in [0.25, 0.3) is 0 Å². The molecule has 2 atom stereocenters. The zero-order valence-corrected chi connectivity index (χ0v) is 18.9. The molecule has 4 nitrogen and oxygen atoms in total. The first-order valence-electron chi connectivity index (χ1n) is 11.5. The lowest BCUT2D eigenvalue weighted by Crippen LogP contribution is -2.59. The Morgan fingerprint density at radius 2 is 1.70 bits per heavy atom. The third-order valence-corrected chi connectivity index (χ3v) is 6.18. The summed E-state index contributed by atoms with van der Waals surface area (Å²) in [7, 11) is 0. The van der Waals surface area contributed by atoms with Crippen LogP contribution in [0.15, 0.2) is 48.5 Å². The van der Waals surface area contributed by atoms with E-state index in [9.17, 15) is 4.79 Å². The lowest BCUT2D eigenvalue weighted by atomic mass is 9.91. The topological polar surface area (TPSA) is 41.6 Å². The Hall–Kier alpha value is -2.49. The highest BCUT2D eigenvalue weighted by Crippen LogP contribution is 2.42. The van der Waals surface area contributed by atoms with Gasteiger partial charge in [0.05, 0.1) is 12.2 Å². The molecule has 0 saturated heterocycles. The van der Waals surface area contributed by atoms with Gasteiger partial charge in [0.2, 0.25) is 0 Å². The largest absolute Gasteiger partial charge is 0.493 e. The van der Waals surface area contributed by atoms with E-state index in [1.165, 1.54) is 25.7 Å². The van der Waals surface area contributed by atoms with E-state index in [1.807, 2.05) is 47.4 Å². The number of nitrogens with one attached hydrogen (secondary N) is 1. The molecule has 1 N–H and O–H groups in total. The molecule has 30 heavy (non-hydrogen) atoms. The van der Waals surface area contributed by atoms with Gasteiger partial charge in [0.15, 0.2) is 0 Å². The van der Waals surface area contributed by atoms with E-state index in [1.54, 1.807) is 0 Å². The number of rotatable bonds is 10. The molecule has 1 heterocycles. The van der Waals surface area contributed by atoms with Crippen LogP contribution in [0.3, 0.4) is 0 Å². The number of hydrogen-bond acceptors (Lipinski definition) is 3. The first-order valence-corrected chi connectivity index (χ1v) is 11.5. The van der Waals surface area contributed by atoms with E-state index in [2.05, 4.69) is 39.1 Å². The number of carbonyl (C=O) groups excluding carboxylic acids is 1. The first kappa shape index (κ1) is 22.2. The third kappa shape index (κ3) is 4.48. The zero-order chi connectivity index (χ0) is 21.6. The second kappa shape index (κ2) is 10.0. The number of carbonyl (C=O) groups is 1. The van der Waals surface area contributed by atoms with E-state index in [0.29, 0.717) is 6.61 Å². The average molecular weight is 409 g/mol. The molecule has 2 unspecified atom stereocenters. The summed E-state index contributed by atoms with van der Waals surface area (Å²) >= 11 is 0. The van der Waals surface area contributed by atoms with Gasteiger partial charge < -0.3 is 15.0 Å². The fraction of sp³-hybridized carbons (Fsp3) is 0.500. The Balaban J connectivity index is 1.91. The lowest BCUT2D eigenvalue weighted by Gasteiger charge is -2.49. The molecule has 0 aromatic heterocycles. The number of hydrogen-bond donors (Lipinski definition) is 1. The van der Waals surface area contributed by atoms with Crippen molar-refractivity contribution in [1.82, 2.24) is 4.90 Å². The van der Waals surface area contributed by atoms with Crippen LogP contribution in [0, 0.1) is 0 Å². The van der Waals surface area contributed by atoms with E-state index in [0.717, 1.165) is 35.4 Å². The first-order chi connectivity index (χ1) is 14.5. The van der Waals surface area contributed by atoms with Gasteiger partial charge >= 0.3 is 0 Å². The average Bonchev–Trinajstić information content (AvgIpc) is 2.76. The Labute approximate surface area is 181 Å². The number of unbranched alkanes of at least 4 members (excludes halogenated alkanes) is 4. The van der Waals surface area contributed by atoms with Crippen molar-refractivity contribution in [3.63, 3.8) is 0 Å². The van der Waals surface area contributed by atoms with E-state index in [-0.39, 0.29) is 11.9 Å². The van der Waals surface area contributed by atoms with Crippen LogP contribution in [0.1, 0.15) is 82.1 Å². The Morgan fingerprint density at radius 1 is 1.00 bits per heavy atom. The maximum Gasteiger partial charge on any atom is 0.258 e.